The van der Waals surface area contributed by atoms with Crippen LogP contribution in [0.25, 0.3) is 11.2 Å². The van der Waals surface area contributed by atoms with Crippen LogP contribution in [0.3, 0.4) is 0 Å². The molecule has 0 aromatic carbocycles. The Kier molecular flexibility index (Phi) is 11.5. The van der Waals surface area contributed by atoms with Gasteiger partial charge in [-0.2, -0.15) is 0 Å². The number of imidazole rings is 1. The van der Waals surface area contributed by atoms with Gasteiger partial charge in [-0.3, -0.25) is 27.7 Å². The molecular formula is C26H42N5O9PS2. The molecule has 1 fully saturated rings. The zero-order valence-corrected chi connectivity index (χ0v) is 28.2. The third-order valence-corrected chi connectivity index (χ3v) is 10.5. The highest BCUT2D eigenvalue weighted by Gasteiger charge is 2.56. The molecule has 0 saturated carbocycles. The molecule has 242 valence electrons. The van der Waals surface area contributed by atoms with Crippen molar-refractivity contribution in [2.24, 2.45) is 10.8 Å². The molecule has 1 saturated heterocycles. The fourth-order valence-corrected chi connectivity index (χ4v) is 7.13. The van der Waals surface area contributed by atoms with Crippen molar-refractivity contribution in [3.63, 3.8) is 0 Å². The van der Waals surface area contributed by atoms with E-state index in [4.69, 9.17) is 24.0 Å². The highest BCUT2D eigenvalue weighted by Crippen LogP contribution is 2.53. The molecule has 4 N–H and O–H groups in total. The molecule has 0 spiro atoms. The van der Waals surface area contributed by atoms with Crippen molar-refractivity contribution in [1.82, 2.24) is 19.5 Å². The Morgan fingerprint density at radius 2 is 1.63 bits per heavy atom. The van der Waals surface area contributed by atoms with Gasteiger partial charge < -0.3 is 20.7 Å². The molecule has 0 aliphatic carbocycles. The largest absolute Gasteiger partial charge is 0.475 e. The van der Waals surface area contributed by atoms with Crippen LogP contribution in [0.15, 0.2) is 12.7 Å². The van der Waals surface area contributed by atoms with Gasteiger partial charge in [-0.15, -0.1) is 0 Å². The first-order valence-corrected chi connectivity index (χ1v) is 17.1. The minimum absolute atomic E-state index is 0.0620. The van der Waals surface area contributed by atoms with Crippen molar-refractivity contribution in [3.05, 3.63) is 12.7 Å². The summed E-state index contributed by atoms with van der Waals surface area (Å²) in [5.74, 6) is 0.516. The summed E-state index contributed by atoms with van der Waals surface area (Å²) in [6, 6.07) is 0. The third kappa shape index (κ3) is 8.76. The molecule has 14 nitrogen and oxygen atoms in total. The SMILES string of the molecule is C[C@@H](OP(=O)(OCCSC(=O)C(C)(C)C)OCCSC(=O)C(C)(C)C)[C@H]1O[C@@H](n2cnc3c(N)ncnc32)[C@](C)(O)[C@@H]1O. The Balaban J connectivity index is 1.74. The van der Waals surface area contributed by atoms with Crippen LogP contribution in [-0.4, -0.2) is 88.6 Å². The summed E-state index contributed by atoms with van der Waals surface area (Å²) in [5.41, 5.74) is 3.48. The molecule has 0 bridgehead atoms. The number of nitrogen functional groups attached to an aromatic ring is 1. The summed E-state index contributed by atoms with van der Waals surface area (Å²) in [7, 11) is -4.30. The number of fused-ring (bicyclic) bond motifs is 1. The first-order valence-electron chi connectivity index (χ1n) is 13.7. The van der Waals surface area contributed by atoms with Crippen LogP contribution in [0, 0.1) is 10.8 Å². The van der Waals surface area contributed by atoms with Crippen molar-refractivity contribution >= 4 is 58.6 Å². The van der Waals surface area contributed by atoms with E-state index in [-0.39, 0.29) is 46.4 Å². The van der Waals surface area contributed by atoms with Crippen LogP contribution in [0.2, 0.25) is 0 Å². The summed E-state index contributed by atoms with van der Waals surface area (Å²) in [6.07, 6.45) is -2.37. The van der Waals surface area contributed by atoms with E-state index in [0.717, 1.165) is 23.5 Å². The van der Waals surface area contributed by atoms with Gasteiger partial charge in [-0.1, -0.05) is 65.1 Å². The third-order valence-electron chi connectivity index (χ3n) is 6.45. The van der Waals surface area contributed by atoms with Crippen LogP contribution < -0.4 is 5.73 Å². The first kappa shape index (κ1) is 35.9. The van der Waals surface area contributed by atoms with Gasteiger partial charge in [0.25, 0.3) is 0 Å². The molecule has 2 aromatic heterocycles. The lowest BCUT2D eigenvalue weighted by atomic mass is 9.94. The zero-order valence-electron chi connectivity index (χ0n) is 25.7. The molecule has 1 aliphatic rings. The highest BCUT2D eigenvalue weighted by molar-refractivity contribution is 8.14. The zero-order chi connectivity index (χ0) is 32.4. The van der Waals surface area contributed by atoms with E-state index in [9.17, 15) is 24.4 Å². The van der Waals surface area contributed by atoms with Crippen LogP contribution in [0.4, 0.5) is 5.82 Å². The normalized spacial score (nSPS) is 24.0. The Morgan fingerprint density at radius 3 is 2.14 bits per heavy atom. The van der Waals surface area contributed by atoms with Crippen LogP contribution in [0.1, 0.15) is 61.6 Å². The average Bonchev–Trinajstić information content (AvgIpc) is 3.42. The van der Waals surface area contributed by atoms with Gasteiger partial charge >= 0.3 is 7.82 Å². The van der Waals surface area contributed by atoms with Crippen LogP contribution in [0.5, 0.6) is 0 Å². The van der Waals surface area contributed by atoms with E-state index in [2.05, 4.69) is 15.0 Å². The van der Waals surface area contributed by atoms with Crippen LogP contribution >= 0.6 is 31.3 Å². The quantitative estimate of drug-likeness (QED) is 0.220. The number of aliphatic hydroxyl groups is 2. The predicted octanol–water partition coefficient (Wildman–Crippen LogP) is 3.58. The second-order valence-electron chi connectivity index (χ2n) is 12.4. The number of aliphatic hydroxyl groups excluding tert-OH is 1. The molecule has 0 radical (unpaired) electrons. The Hall–Kier alpha value is -1.62. The van der Waals surface area contributed by atoms with Crippen LogP contribution in [-0.2, 0) is 32.5 Å². The Bertz CT molecular complexity index is 1310. The molecule has 17 heteroatoms. The number of nitrogens with two attached hydrogens (primary N) is 1. The summed E-state index contributed by atoms with van der Waals surface area (Å²) >= 11 is 2.07. The number of ether oxygens (including phenoxy) is 1. The number of carbonyl (C=O) groups is 2. The van der Waals surface area contributed by atoms with Gasteiger partial charge in [0.2, 0.25) is 0 Å². The van der Waals surface area contributed by atoms with Gasteiger partial charge in [-0.25, -0.2) is 19.5 Å². The van der Waals surface area contributed by atoms with Crippen molar-refractivity contribution < 1.29 is 42.7 Å². The summed E-state index contributed by atoms with van der Waals surface area (Å²) in [4.78, 5) is 36.8. The van der Waals surface area contributed by atoms with E-state index >= 15 is 0 Å². The molecule has 3 heterocycles. The summed E-state index contributed by atoms with van der Waals surface area (Å²) < 4.78 is 38.1. The number of thioether (sulfide) groups is 2. The molecule has 0 amide bonds. The van der Waals surface area contributed by atoms with Crippen molar-refractivity contribution in [1.29, 1.82) is 0 Å². The van der Waals surface area contributed by atoms with Crippen molar-refractivity contribution in [2.75, 3.05) is 30.5 Å². The smallest absolute Gasteiger partial charge is 0.387 e. The van der Waals surface area contributed by atoms with E-state index in [0.29, 0.717) is 5.52 Å². The maximum absolute atomic E-state index is 13.8. The molecule has 2 aromatic rings. The second-order valence-corrected chi connectivity index (χ2v) is 16.2. The monoisotopic (exact) mass is 663 g/mol. The lowest BCUT2D eigenvalue weighted by Crippen LogP contribution is -2.46. The van der Waals surface area contributed by atoms with E-state index in [1.54, 1.807) is 41.5 Å². The number of hydrogen-bond acceptors (Lipinski definition) is 15. The fourth-order valence-electron chi connectivity index (χ4n) is 3.96. The molecule has 5 atom stereocenters. The van der Waals surface area contributed by atoms with Crippen molar-refractivity contribution in [2.45, 2.75) is 85.5 Å². The standard InChI is InChI=1S/C26H42N5O9PS2/c1-15(17-18(32)26(8,35)21(39-17)31-14-30-16-19(27)28-13-29-20(16)31)40-41(36,37-9-11-42-22(33)24(2,3)4)38-10-12-43-23(34)25(5,6)7/h13-15,17-18,21,32,35H,9-12H2,1-8H3,(H2,27,28,29)/t15-,17-,18-,21-,26-/m1/s1. The Morgan fingerprint density at radius 1 is 1.09 bits per heavy atom. The number of phosphoric acid groups is 1. The first-order chi connectivity index (χ1) is 19.8. The van der Waals surface area contributed by atoms with E-state index in [1.807, 2.05) is 0 Å². The van der Waals surface area contributed by atoms with E-state index < -0.39 is 48.8 Å². The van der Waals surface area contributed by atoms with Gasteiger partial charge in [-0.05, 0) is 13.8 Å². The van der Waals surface area contributed by atoms with Gasteiger partial charge in [0, 0.05) is 22.3 Å². The summed E-state index contributed by atoms with van der Waals surface area (Å²) in [5, 5.41) is 22.2. The molecule has 43 heavy (non-hydrogen) atoms. The number of phosphoric ester groups is 1. The van der Waals surface area contributed by atoms with Gasteiger partial charge in [0.15, 0.2) is 27.9 Å². The molecular weight excluding hydrogens is 621 g/mol. The number of carbonyl (C=O) groups excluding carboxylic acids is 2. The number of aromatic nitrogens is 4. The minimum atomic E-state index is -4.30. The Labute approximate surface area is 259 Å². The second kappa shape index (κ2) is 13.8. The molecule has 1 aliphatic heterocycles. The van der Waals surface area contributed by atoms with E-state index in [1.165, 1.54) is 31.1 Å². The summed E-state index contributed by atoms with van der Waals surface area (Å²) in [6.45, 7) is 13.4. The minimum Gasteiger partial charge on any atom is -0.387 e. The van der Waals surface area contributed by atoms with Crippen molar-refractivity contribution in [3.8, 4) is 0 Å². The molecule has 0 unspecified atom stereocenters. The fraction of sp³-hybridized carbons (Fsp3) is 0.731. The molecule has 3 rings (SSSR count). The van der Waals surface area contributed by atoms with Gasteiger partial charge in [0.05, 0.1) is 25.6 Å². The number of anilines is 1. The number of rotatable bonds is 12. The lowest BCUT2D eigenvalue weighted by Gasteiger charge is -2.28. The number of hydrogen-bond donors (Lipinski definition) is 3. The van der Waals surface area contributed by atoms with Gasteiger partial charge in [0.1, 0.15) is 29.7 Å². The maximum Gasteiger partial charge on any atom is 0.475 e. The maximum atomic E-state index is 13.8. The topological polar surface area (TPSA) is 198 Å². The average molecular weight is 664 g/mol. The predicted molar refractivity (Wildman–Crippen MR) is 164 cm³/mol. The number of nitrogens with zero attached hydrogens (tertiary/aromatic N) is 4. The highest BCUT2D eigenvalue weighted by atomic mass is 32.2. The lowest BCUT2D eigenvalue weighted by molar-refractivity contribution is -0.118.